The van der Waals surface area contributed by atoms with Gasteiger partial charge in [-0.3, -0.25) is 5.10 Å². The van der Waals surface area contributed by atoms with Crippen LogP contribution in [0, 0.1) is 0 Å². The minimum atomic E-state index is 0.760. The van der Waals surface area contributed by atoms with Crippen LogP contribution in [0.25, 0.3) is 61.0 Å². The van der Waals surface area contributed by atoms with E-state index >= 15 is 0 Å². The Morgan fingerprint density at radius 3 is 1.91 bits per heavy atom. The number of nitrogens with one attached hydrogen (secondary N) is 1. The predicted octanol–water partition coefficient (Wildman–Crippen LogP) is 7.39. The van der Waals surface area contributed by atoms with Gasteiger partial charge in [0.25, 0.3) is 0 Å². The fourth-order valence-corrected chi connectivity index (χ4v) is 4.88. The Bertz CT molecular complexity index is 1780. The Morgan fingerprint density at radius 1 is 0.559 bits per heavy atom. The largest absolute Gasteiger partial charge is 0.291 e. The molecule has 0 unspecified atom stereocenters. The molecule has 1 N–H and O–H groups in total. The second-order valence-electron chi connectivity index (χ2n) is 8.40. The topological polar surface area (TPSA) is 46.5 Å². The lowest BCUT2D eigenvalue weighted by atomic mass is 9.95. The number of hydrogen-bond donors (Lipinski definition) is 1. The molecule has 0 saturated heterocycles. The van der Waals surface area contributed by atoms with Crippen molar-refractivity contribution in [1.29, 1.82) is 0 Å². The summed E-state index contributed by atoms with van der Waals surface area (Å²) >= 11 is 0. The molecule has 0 fully saturated rings. The first-order valence-corrected chi connectivity index (χ1v) is 11.4. The van der Waals surface area contributed by atoms with Crippen LogP contribution in [0.4, 0.5) is 0 Å². The lowest BCUT2D eigenvalue weighted by Crippen LogP contribution is -1.98. The van der Waals surface area contributed by atoms with Gasteiger partial charge in [-0.1, -0.05) is 97.1 Å². The minimum Gasteiger partial charge on any atom is -0.291 e. The van der Waals surface area contributed by atoms with Crippen molar-refractivity contribution in [3.05, 3.63) is 115 Å². The number of aromatic amines is 1. The molecule has 3 aromatic heterocycles. The first-order valence-electron chi connectivity index (χ1n) is 11.4. The molecule has 7 aromatic rings. The van der Waals surface area contributed by atoms with Gasteiger partial charge in [0.1, 0.15) is 0 Å². The molecule has 0 radical (unpaired) electrons. The summed E-state index contributed by atoms with van der Waals surface area (Å²) in [5.41, 5.74) is 8.06. The summed E-state index contributed by atoms with van der Waals surface area (Å²) in [6.07, 6.45) is 0. The van der Waals surface area contributed by atoms with E-state index in [1.807, 2.05) is 30.3 Å². The van der Waals surface area contributed by atoms with Crippen LogP contribution in [-0.2, 0) is 0 Å². The number of fused-ring (bicyclic) bond motifs is 4. The van der Waals surface area contributed by atoms with Gasteiger partial charge in [0.2, 0.25) is 0 Å². The molecule has 0 saturated carbocycles. The van der Waals surface area contributed by atoms with E-state index in [-0.39, 0.29) is 0 Å². The summed E-state index contributed by atoms with van der Waals surface area (Å²) in [5.74, 6) is 0. The number of hydrogen-bond acceptors (Lipinski definition) is 2. The highest BCUT2D eigenvalue weighted by Crippen LogP contribution is 2.43. The van der Waals surface area contributed by atoms with Crippen molar-refractivity contribution < 1.29 is 0 Å². The van der Waals surface area contributed by atoms with Gasteiger partial charge in [0, 0.05) is 21.9 Å². The monoisotopic (exact) mass is 436 g/mol. The summed E-state index contributed by atoms with van der Waals surface area (Å²) in [6, 6.07) is 39.7. The van der Waals surface area contributed by atoms with E-state index in [1.54, 1.807) is 0 Å². The van der Waals surface area contributed by atoms with Gasteiger partial charge in [-0.05, 0) is 23.8 Å². The lowest BCUT2D eigenvalue weighted by molar-refractivity contribution is 0.903. The van der Waals surface area contributed by atoms with Crippen LogP contribution in [-0.4, -0.2) is 19.7 Å². The summed E-state index contributed by atoms with van der Waals surface area (Å²) in [4.78, 5) is 10.1. The molecule has 0 amide bonds. The SMILES string of the molecule is c1ccc(-c2[nH]n(-c3ccccc3)c3nc4nc5ccccc5c4c(-c4ccccc4)c23)cc1. The Labute approximate surface area is 196 Å². The number of pyridine rings is 1. The van der Waals surface area contributed by atoms with Crippen LogP contribution in [0.3, 0.4) is 0 Å². The van der Waals surface area contributed by atoms with E-state index in [2.05, 4.69) is 94.7 Å². The van der Waals surface area contributed by atoms with Crippen molar-refractivity contribution >= 4 is 33.0 Å². The zero-order chi connectivity index (χ0) is 22.5. The summed E-state index contributed by atoms with van der Waals surface area (Å²) in [6.45, 7) is 0. The third-order valence-electron chi connectivity index (χ3n) is 6.38. The molecule has 4 aromatic carbocycles. The average Bonchev–Trinajstić information content (AvgIpc) is 3.47. The molecule has 160 valence electrons. The van der Waals surface area contributed by atoms with E-state index in [1.165, 1.54) is 0 Å². The van der Waals surface area contributed by atoms with Gasteiger partial charge in [-0.15, -0.1) is 0 Å². The van der Waals surface area contributed by atoms with Gasteiger partial charge >= 0.3 is 0 Å². The highest BCUT2D eigenvalue weighted by atomic mass is 15.3. The molecule has 0 atom stereocenters. The lowest BCUT2D eigenvalue weighted by Gasteiger charge is -2.09. The molecule has 34 heavy (non-hydrogen) atoms. The van der Waals surface area contributed by atoms with Crippen molar-refractivity contribution in [2.75, 3.05) is 0 Å². The molecule has 0 spiro atoms. The maximum atomic E-state index is 5.14. The van der Waals surface area contributed by atoms with Gasteiger partial charge < -0.3 is 0 Å². The molecule has 0 aliphatic heterocycles. The number of benzene rings is 4. The molecular weight excluding hydrogens is 416 g/mol. The van der Waals surface area contributed by atoms with Crippen LogP contribution in [0.15, 0.2) is 115 Å². The summed E-state index contributed by atoms with van der Waals surface area (Å²) < 4.78 is 2.07. The first kappa shape index (κ1) is 18.8. The van der Waals surface area contributed by atoms with E-state index in [0.29, 0.717) is 0 Å². The zero-order valence-corrected chi connectivity index (χ0v) is 18.3. The smallest absolute Gasteiger partial charge is 0.164 e. The summed E-state index contributed by atoms with van der Waals surface area (Å²) in [5, 5.41) is 6.97. The highest BCUT2D eigenvalue weighted by Gasteiger charge is 2.23. The fourth-order valence-electron chi connectivity index (χ4n) is 4.88. The fraction of sp³-hybridized carbons (Fsp3) is 0. The van der Waals surface area contributed by atoms with Crippen LogP contribution < -0.4 is 0 Å². The Kier molecular flexibility index (Phi) is 4.11. The van der Waals surface area contributed by atoms with E-state index < -0.39 is 0 Å². The Hall–Kier alpha value is -4.70. The van der Waals surface area contributed by atoms with Crippen LogP contribution in [0.5, 0.6) is 0 Å². The van der Waals surface area contributed by atoms with Crippen LogP contribution in [0.1, 0.15) is 0 Å². The molecule has 0 bridgehead atoms. The van der Waals surface area contributed by atoms with Gasteiger partial charge in [-0.25, -0.2) is 14.6 Å². The van der Waals surface area contributed by atoms with Gasteiger partial charge in [-0.2, -0.15) is 0 Å². The van der Waals surface area contributed by atoms with Gasteiger partial charge in [0.05, 0.1) is 22.3 Å². The third kappa shape index (κ3) is 2.79. The van der Waals surface area contributed by atoms with Crippen molar-refractivity contribution in [1.82, 2.24) is 19.7 Å². The Balaban J connectivity index is 1.74. The molecule has 0 aliphatic carbocycles. The number of para-hydroxylation sites is 2. The summed E-state index contributed by atoms with van der Waals surface area (Å²) in [7, 11) is 0. The van der Waals surface area contributed by atoms with Crippen LogP contribution >= 0.6 is 0 Å². The standard InChI is InChI=1S/C30H20N4/c1-4-12-20(13-5-1)25-26-23-18-10-11-19-24(23)31-29(26)32-30-27(25)28(21-14-6-2-7-15-21)33-34(30)22-16-8-3-9-17-22/h1-19,33H. The minimum absolute atomic E-state index is 0.760. The maximum Gasteiger partial charge on any atom is 0.164 e. The molecule has 4 heteroatoms. The van der Waals surface area contributed by atoms with Crippen molar-refractivity contribution in [3.63, 3.8) is 0 Å². The Morgan fingerprint density at radius 2 is 1.18 bits per heavy atom. The number of aromatic nitrogens is 4. The molecule has 7 rings (SSSR count). The molecule has 0 aliphatic rings. The van der Waals surface area contributed by atoms with Gasteiger partial charge in [0.15, 0.2) is 11.3 Å². The number of rotatable bonds is 3. The van der Waals surface area contributed by atoms with Crippen LogP contribution in [0.2, 0.25) is 0 Å². The normalized spacial score (nSPS) is 11.5. The second kappa shape index (κ2) is 7.42. The quantitative estimate of drug-likeness (QED) is 0.314. The number of nitrogens with zero attached hydrogens (tertiary/aromatic N) is 3. The van der Waals surface area contributed by atoms with E-state index in [4.69, 9.17) is 9.97 Å². The van der Waals surface area contributed by atoms with E-state index in [0.717, 1.165) is 61.0 Å². The van der Waals surface area contributed by atoms with Crippen molar-refractivity contribution in [2.24, 2.45) is 0 Å². The molecular formula is C30H20N4. The average molecular weight is 437 g/mol. The number of H-pyrrole nitrogens is 1. The first-order chi connectivity index (χ1) is 16.9. The van der Waals surface area contributed by atoms with Crippen molar-refractivity contribution in [3.8, 4) is 28.1 Å². The second-order valence-corrected chi connectivity index (χ2v) is 8.40. The third-order valence-corrected chi connectivity index (χ3v) is 6.38. The zero-order valence-electron chi connectivity index (χ0n) is 18.3. The molecule has 3 heterocycles. The molecule has 4 nitrogen and oxygen atoms in total. The van der Waals surface area contributed by atoms with Crippen molar-refractivity contribution in [2.45, 2.75) is 0 Å². The predicted molar refractivity (Wildman–Crippen MR) is 139 cm³/mol. The highest BCUT2D eigenvalue weighted by molar-refractivity contribution is 6.21. The maximum absolute atomic E-state index is 5.14. The van der Waals surface area contributed by atoms with E-state index in [9.17, 15) is 0 Å².